The molecule has 0 spiro atoms. The fraction of sp³-hybridized carbons (Fsp3) is 0.524. The van der Waals surface area contributed by atoms with Gasteiger partial charge < -0.3 is 19.7 Å². The average molecular weight is 415 g/mol. The zero-order valence-corrected chi connectivity index (χ0v) is 17.5. The van der Waals surface area contributed by atoms with Crippen LogP contribution < -0.4 is 5.32 Å². The predicted octanol–water partition coefficient (Wildman–Crippen LogP) is 1.77. The fourth-order valence-electron chi connectivity index (χ4n) is 3.44. The van der Waals surface area contributed by atoms with Gasteiger partial charge >= 0.3 is 0 Å². The number of aromatic nitrogens is 3. The maximum atomic E-state index is 12.8. The lowest BCUT2D eigenvalue weighted by molar-refractivity contribution is -0.145. The first-order valence-electron chi connectivity index (χ1n) is 10.4. The molecule has 0 bridgehead atoms. The van der Waals surface area contributed by atoms with E-state index >= 15 is 0 Å². The highest BCUT2D eigenvalue weighted by Gasteiger charge is 2.26. The molecule has 1 fully saturated rings. The van der Waals surface area contributed by atoms with E-state index in [2.05, 4.69) is 15.6 Å². The number of nitrogens with one attached hydrogen (secondary N) is 1. The number of benzene rings is 1. The molecule has 2 aromatic rings. The lowest BCUT2D eigenvalue weighted by Crippen LogP contribution is -2.38. The lowest BCUT2D eigenvalue weighted by Gasteiger charge is -2.25. The Kier molecular flexibility index (Phi) is 7.92. The van der Waals surface area contributed by atoms with Gasteiger partial charge in [0.2, 0.25) is 5.91 Å². The van der Waals surface area contributed by atoms with Crippen molar-refractivity contribution in [3.63, 3.8) is 0 Å². The maximum absolute atomic E-state index is 12.8. The van der Waals surface area contributed by atoms with Gasteiger partial charge in [-0.25, -0.2) is 4.68 Å². The van der Waals surface area contributed by atoms with Crippen molar-refractivity contribution < 1.29 is 19.1 Å². The molecule has 1 aliphatic rings. The third-order valence-corrected chi connectivity index (χ3v) is 4.89. The number of amides is 2. The van der Waals surface area contributed by atoms with Crippen molar-refractivity contribution in [1.29, 1.82) is 0 Å². The zero-order chi connectivity index (χ0) is 21.3. The lowest BCUT2D eigenvalue weighted by atomic mass is 10.1. The van der Waals surface area contributed by atoms with Crippen molar-refractivity contribution in [2.75, 3.05) is 26.3 Å². The first kappa shape index (κ1) is 21.9. The van der Waals surface area contributed by atoms with Gasteiger partial charge in [-0.15, -0.1) is 5.10 Å². The smallest absolute Gasteiger partial charge is 0.274 e. The molecule has 1 saturated heterocycles. The van der Waals surface area contributed by atoms with Crippen LogP contribution in [-0.2, 0) is 20.8 Å². The molecule has 1 atom stereocenters. The van der Waals surface area contributed by atoms with E-state index in [1.54, 1.807) is 11.1 Å². The van der Waals surface area contributed by atoms with E-state index in [9.17, 15) is 9.59 Å². The van der Waals surface area contributed by atoms with Crippen molar-refractivity contribution in [2.24, 2.45) is 0 Å². The Bertz CT molecular complexity index is 820. The standard InChI is InChI=1S/C21H29N5O4/c1-3-29-20(30-4-2)15-26-14-18(23-24-26)21(28)22-17(16-9-6-5-7-10-16)13-25-12-8-11-19(25)27/h5-7,9-10,14,17,20H,3-4,8,11-13,15H2,1-2H3,(H,22,28). The largest absolute Gasteiger partial charge is 0.351 e. The molecule has 0 saturated carbocycles. The minimum absolute atomic E-state index is 0.119. The number of hydrogen-bond acceptors (Lipinski definition) is 6. The molecule has 2 amide bonds. The first-order chi connectivity index (χ1) is 14.6. The van der Waals surface area contributed by atoms with Crippen LogP contribution in [0.5, 0.6) is 0 Å². The van der Waals surface area contributed by atoms with Crippen LogP contribution in [0.25, 0.3) is 0 Å². The highest BCUT2D eigenvalue weighted by Crippen LogP contribution is 2.19. The Morgan fingerprint density at radius 3 is 2.53 bits per heavy atom. The number of hydrogen-bond donors (Lipinski definition) is 1. The van der Waals surface area contributed by atoms with Crippen LogP contribution in [0, 0.1) is 0 Å². The molecular weight excluding hydrogens is 386 g/mol. The van der Waals surface area contributed by atoms with Crippen molar-refractivity contribution in [3.8, 4) is 0 Å². The van der Waals surface area contributed by atoms with Crippen molar-refractivity contribution in [3.05, 3.63) is 47.8 Å². The summed E-state index contributed by atoms with van der Waals surface area (Å²) in [4.78, 5) is 26.7. The van der Waals surface area contributed by atoms with Gasteiger partial charge in [0, 0.05) is 32.7 Å². The molecule has 1 aliphatic heterocycles. The third-order valence-electron chi connectivity index (χ3n) is 4.89. The average Bonchev–Trinajstić information content (AvgIpc) is 3.38. The van der Waals surface area contributed by atoms with Crippen LogP contribution in [-0.4, -0.2) is 64.3 Å². The van der Waals surface area contributed by atoms with Gasteiger partial charge in [-0.3, -0.25) is 9.59 Å². The Hall–Kier alpha value is -2.78. The molecule has 1 N–H and O–H groups in total. The number of nitrogens with zero attached hydrogens (tertiary/aromatic N) is 4. The molecule has 1 unspecified atom stereocenters. The van der Waals surface area contributed by atoms with E-state index < -0.39 is 6.29 Å². The molecule has 1 aromatic heterocycles. The van der Waals surface area contributed by atoms with E-state index in [1.165, 1.54) is 4.68 Å². The van der Waals surface area contributed by atoms with Gasteiger partial charge in [-0.2, -0.15) is 0 Å². The van der Waals surface area contributed by atoms with Crippen LogP contribution in [0.2, 0.25) is 0 Å². The topological polar surface area (TPSA) is 98.6 Å². The maximum Gasteiger partial charge on any atom is 0.274 e. The van der Waals surface area contributed by atoms with Crippen molar-refractivity contribution in [1.82, 2.24) is 25.2 Å². The SMILES string of the molecule is CCOC(Cn1cc(C(=O)NC(CN2CCCC2=O)c2ccccc2)nn1)OCC. The Morgan fingerprint density at radius 1 is 1.17 bits per heavy atom. The summed E-state index contributed by atoms with van der Waals surface area (Å²) < 4.78 is 12.6. The summed E-state index contributed by atoms with van der Waals surface area (Å²) in [5, 5.41) is 11.0. The molecule has 0 aliphatic carbocycles. The van der Waals surface area contributed by atoms with Crippen LogP contribution >= 0.6 is 0 Å². The Labute approximate surface area is 176 Å². The van der Waals surface area contributed by atoms with E-state index in [4.69, 9.17) is 9.47 Å². The minimum atomic E-state index is -0.448. The molecule has 9 nitrogen and oxygen atoms in total. The molecule has 30 heavy (non-hydrogen) atoms. The van der Waals surface area contributed by atoms with Crippen molar-refractivity contribution >= 4 is 11.8 Å². The third kappa shape index (κ3) is 5.87. The molecule has 3 rings (SSSR count). The monoisotopic (exact) mass is 415 g/mol. The summed E-state index contributed by atoms with van der Waals surface area (Å²) in [6.45, 7) is 6.29. The first-order valence-corrected chi connectivity index (χ1v) is 10.4. The number of carbonyl (C=O) groups excluding carboxylic acids is 2. The van der Waals surface area contributed by atoms with Gasteiger partial charge in [0.05, 0.1) is 18.8 Å². The summed E-state index contributed by atoms with van der Waals surface area (Å²) in [5.41, 5.74) is 1.14. The number of carbonyl (C=O) groups is 2. The molecule has 2 heterocycles. The molecular formula is C21H29N5O4. The van der Waals surface area contributed by atoms with Gasteiger partial charge in [0.15, 0.2) is 12.0 Å². The minimum Gasteiger partial charge on any atom is -0.351 e. The normalized spacial score (nSPS) is 15.0. The zero-order valence-electron chi connectivity index (χ0n) is 17.5. The second-order valence-electron chi connectivity index (χ2n) is 7.05. The Morgan fingerprint density at radius 2 is 1.90 bits per heavy atom. The summed E-state index contributed by atoms with van der Waals surface area (Å²) in [6, 6.07) is 9.30. The molecule has 9 heteroatoms. The van der Waals surface area contributed by atoms with E-state index in [-0.39, 0.29) is 23.6 Å². The van der Waals surface area contributed by atoms with Crippen LogP contribution in [0.15, 0.2) is 36.5 Å². The van der Waals surface area contributed by atoms with Crippen LogP contribution in [0.1, 0.15) is 48.8 Å². The summed E-state index contributed by atoms with van der Waals surface area (Å²) in [6.07, 6.45) is 2.54. The summed E-state index contributed by atoms with van der Waals surface area (Å²) in [7, 11) is 0. The van der Waals surface area contributed by atoms with E-state index in [1.807, 2.05) is 44.2 Å². The fourth-order valence-corrected chi connectivity index (χ4v) is 3.44. The van der Waals surface area contributed by atoms with Crippen molar-refractivity contribution in [2.45, 2.75) is 45.6 Å². The van der Waals surface area contributed by atoms with Gasteiger partial charge in [0.1, 0.15) is 0 Å². The summed E-state index contributed by atoms with van der Waals surface area (Å²) >= 11 is 0. The van der Waals surface area contributed by atoms with E-state index in [0.717, 1.165) is 12.0 Å². The summed E-state index contributed by atoms with van der Waals surface area (Å²) in [5.74, 6) is -0.222. The molecule has 162 valence electrons. The Balaban J connectivity index is 1.68. The van der Waals surface area contributed by atoms with Gasteiger partial charge in [0.25, 0.3) is 5.91 Å². The van der Waals surface area contributed by atoms with E-state index in [0.29, 0.717) is 39.3 Å². The molecule has 0 radical (unpaired) electrons. The second kappa shape index (κ2) is 10.8. The predicted molar refractivity (Wildman–Crippen MR) is 110 cm³/mol. The quantitative estimate of drug-likeness (QED) is 0.562. The van der Waals surface area contributed by atoms with Crippen LogP contribution in [0.3, 0.4) is 0 Å². The van der Waals surface area contributed by atoms with Gasteiger partial charge in [-0.1, -0.05) is 35.5 Å². The number of ether oxygens (including phenoxy) is 2. The molecule has 1 aromatic carbocycles. The number of likely N-dealkylation sites (tertiary alicyclic amines) is 1. The van der Waals surface area contributed by atoms with Crippen LogP contribution in [0.4, 0.5) is 0 Å². The second-order valence-corrected chi connectivity index (χ2v) is 7.05. The number of rotatable bonds is 11. The highest BCUT2D eigenvalue weighted by molar-refractivity contribution is 5.92. The highest BCUT2D eigenvalue weighted by atomic mass is 16.7. The van der Waals surface area contributed by atoms with Gasteiger partial charge in [-0.05, 0) is 25.8 Å².